The Morgan fingerprint density at radius 3 is 2.15 bits per heavy atom. The number of hydrogen-bond donors (Lipinski definition) is 1. The Morgan fingerprint density at radius 2 is 1.92 bits per heavy atom. The first-order chi connectivity index (χ1) is 6.04. The Hall–Kier alpha value is -0.570. The zero-order chi connectivity index (χ0) is 10.4. The summed E-state index contributed by atoms with van der Waals surface area (Å²) in [4.78, 5) is 13.0. The van der Waals surface area contributed by atoms with Crippen molar-refractivity contribution in [1.29, 1.82) is 0 Å². The molecule has 0 amide bonds. The summed E-state index contributed by atoms with van der Waals surface area (Å²) in [5.41, 5.74) is 0. The van der Waals surface area contributed by atoms with Gasteiger partial charge in [0, 0.05) is 6.04 Å². The minimum absolute atomic E-state index is 0.306. The summed E-state index contributed by atoms with van der Waals surface area (Å²) in [6, 6.07) is -0.0130. The van der Waals surface area contributed by atoms with Crippen LogP contribution in [0.15, 0.2) is 0 Å². The molecule has 0 aliphatic rings. The van der Waals surface area contributed by atoms with E-state index in [0.717, 1.165) is 13.0 Å². The Kier molecular flexibility index (Phi) is 5.71. The van der Waals surface area contributed by atoms with Crippen LogP contribution in [0.1, 0.15) is 40.5 Å². The third kappa shape index (κ3) is 3.77. The van der Waals surface area contributed by atoms with Crippen LogP contribution >= 0.6 is 0 Å². The van der Waals surface area contributed by atoms with Crippen LogP contribution in [0.3, 0.4) is 0 Å². The number of carbonyl (C=O) groups is 1. The van der Waals surface area contributed by atoms with E-state index in [1.165, 1.54) is 0 Å². The Morgan fingerprint density at radius 1 is 1.38 bits per heavy atom. The van der Waals surface area contributed by atoms with Crippen LogP contribution in [-0.2, 0) is 4.79 Å². The van der Waals surface area contributed by atoms with E-state index in [1.807, 2.05) is 25.7 Å². The summed E-state index contributed by atoms with van der Waals surface area (Å²) in [7, 11) is 0. The van der Waals surface area contributed by atoms with Crippen molar-refractivity contribution in [2.24, 2.45) is 0 Å². The van der Waals surface area contributed by atoms with Gasteiger partial charge in [0.1, 0.15) is 6.04 Å². The third-order valence-electron chi connectivity index (χ3n) is 2.22. The molecular formula is C10H21NO2. The largest absolute Gasteiger partial charge is 0.480 e. The van der Waals surface area contributed by atoms with Gasteiger partial charge >= 0.3 is 5.97 Å². The van der Waals surface area contributed by atoms with Crippen LogP contribution < -0.4 is 0 Å². The van der Waals surface area contributed by atoms with Crippen molar-refractivity contribution in [3.05, 3.63) is 0 Å². The van der Waals surface area contributed by atoms with Crippen LogP contribution in [0.4, 0.5) is 0 Å². The van der Waals surface area contributed by atoms with Crippen LogP contribution in [0, 0.1) is 0 Å². The Labute approximate surface area is 80.7 Å². The van der Waals surface area contributed by atoms with Crippen LogP contribution in [-0.4, -0.2) is 34.6 Å². The van der Waals surface area contributed by atoms with Gasteiger partial charge < -0.3 is 5.11 Å². The standard InChI is InChI=1S/C10H21NO2/c1-5-7-11(8(3)4)9(6-2)10(12)13/h8-9H,5-7H2,1-4H3,(H,12,13). The second-order valence-electron chi connectivity index (χ2n) is 3.59. The lowest BCUT2D eigenvalue weighted by Gasteiger charge is -2.31. The van der Waals surface area contributed by atoms with E-state index in [9.17, 15) is 4.79 Å². The maximum Gasteiger partial charge on any atom is 0.320 e. The lowest BCUT2D eigenvalue weighted by atomic mass is 10.1. The molecule has 0 radical (unpaired) electrons. The number of rotatable bonds is 6. The molecule has 0 aliphatic heterocycles. The molecule has 78 valence electrons. The summed E-state index contributed by atoms with van der Waals surface area (Å²) in [6.45, 7) is 8.94. The molecule has 0 aromatic rings. The van der Waals surface area contributed by atoms with Crippen molar-refractivity contribution in [1.82, 2.24) is 4.90 Å². The molecule has 1 unspecified atom stereocenters. The lowest BCUT2D eigenvalue weighted by Crippen LogP contribution is -2.45. The zero-order valence-corrected chi connectivity index (χ0v) is 9.08. The van der Waals surface area contributed by atoms with Crippen molar-refractivity contribution >= 4 is 5.97 Å². The van der Waals surface area contributed by atoms with E-state index in [0.29, 0.717) is 12.5 Å². The molecule has 0 saturated heterocycles. The van der Waals surface area contributed by atoms with E-state index in [1.54, 1.807) is 0 Å². The summed E-state index contributed by atoms with van der Waals surface area (Å²) in [5, 5.41) is 8.98. The first-order valence-corrected chi connectivity index (χ1v) is 5.03. The molecule has 0 rings (SSSR count). The van der Waals surface area contributed by atoms with Gasteiger partial charge in [0.15, 0.2) is 0 Å². The first-order valence-electron chi connectivity index (χ1n) is 5.03. The average Bonchev–Trinajstić information content (AvgIpc) is 2.03. The molecule has 1 N–H and O–H groups in total. The predicted octanol–water partition coefficient (Wildman–Crippen LogP) is 1.97. The summed E-state index contributed by atoms with van der Waals surface area (Å²) < 4.78 is 0. The highest BCUT2D eigenvalue weighted by molar-refractivity contribution is 5.73. The first kappa shape index (κ1) is 12.4. The highest BCUT2D eigenvalue weighted by atomic mass is 16.4. The fourth-order valence-electron chi connectivity index (χ4n) is 1.58. The van der Waals surface area contributed by atoms with Gasteiger partial charge in [-0.25, -0.2) is 0 Å². The van der Waals surface area contributed by atoms with Crippen molar-refractivity contribution in [2.45, 2.75) is 52.6 Å². The molecule has 0 aromatic carbocycles. The molecule has 0 aliphatic carbocycles. The van der Waals surface area contributed by atoms with Crippen LogP contribution in [0.25, 0.3) is 0 Å². The topological polar surface area (TPSA) is 40.5 Å². The highest BCUT2D eigenvalue weighted by Gasteiger charge is 2.24. The van der Waals surface area contributed by atoms with Gasteiger partial charge in [-0.05, 0) is 33.2 Å². The SMILES string of the molecule is CCCN(C(C)C)C(CC)C(=O)O. The Bertz CT molecular complexity index is 157. The monoisotopic (exact) mass is 187 g/mol. The molecule has 3 heteroatoms. The minimum Gasteiger partial charge on any atom is -0.480 e. The number of hydrogen-bond acceptors (Lipinski definition) is 2. The molecule has 0 saturated carbocycles. The predicted molar refractivity (Wildman–Crippen MR) is 53.8 cm³/mol. The van der Waals surface area contributed by atoms with E-state index >= 15 is 0 Å². The summed E-state index contributed by atoms with van der Waals surface area (Å²) in [6.07, 6.45) is 1.68. The quantitative estimate of drug-likeness (QED) is 0.691. The Balaban J connectivity index is 4.38. The second kappa shape index (κ2) is 5.97. The molecule has 0 bridgehead atoms. The molecule has 0 heterocycles. The van der Waals surface area contributed by atoms with Gasteiger partial charge in [-0.3, -0.25) is 9.69 Å². The number of carboxylic acids is 1. The van der Waals surface area contributed by atoms with E-state index in [-0.39, 0.29) is 6.04 Å². The number of aliphatic carboxylic acids is 1. The fourth-order valence-corrected chi connectivity index (χ4v) is 1.58. The fraction of sp³-hybridized carbons (Fsp3) is 0.900. The normalized spacial score (nSPS) is 13.7. The highest BCUT2D eigenvalue weighted by Crippen LogP contribution is 2.10. The molecule has 0 aromatic heterocycles. The molecule has 13 heavy (non-hydrogen) atoms. The third-order valence-corrected chi connectivity index (χ3v) is 2.22. The molecule has 0 fully saturated rings. The van der Waals surface area contributed by atoms with Gasteiger partial charge in [-0.1, -0.05) is 13.8 Å². The maximum atomic E-state index is 10.9. The maximum absolute atomic E-state index is 10.9. The lowest BCUT2D eigenvalue weighted by molar-refractivity contribution is -0.144. The minimum atomic E-state index is -0.704. The van der Waals surface area contributed by atoms with Gasteiger partial charge in [-0.15, -0.1) is 0 Å². The second-order valence-corrected chi connectivity index (χ2v) is 3.59. The van der Waals surface area contributed by atoms with Gasteiger partial charge in [0.25, 0.3) is 0 Å². The molecule has 0 spiro atoms. The number of nitrogens with zero attached hydrogens (tertiary/aromatic N) is 1. The van der Waals surface area contributed by atoms with E-state index in [4.69, 9.17) is 5.11 Å². The van der Waals surface area contributed by atoms with Crippen LogP contribution in [0.5, 0.6) is 0 Å². The summed E-state index contributed by atoms with van der Waals surface area (Å²) >= 11 is 0. The van der Waals surface area contributed by atoms with Crippen molar-refractivity contribution in [3.8, 4) is 0 Å². The van der Waals surface area contributed by atoms with Gasteiger partial charge in [-0.2, -0.15) is 0 Å². The van der Waals surface area contributed by atoms with E-state index < -0.39 is 5.97 Å². The van der Waals surface area contributed by atoms with Gasteiger partial charge in [0.2, 0.25) is 0 Å². The van der Waals surface area contributed by atoms with Gasteiger partial charge in [0.05, 0.1) is 0 Å². The molecule has 3 nitrogen and oxygen atoms in total. The zero-order valence-electron chi connectivity index (χ0n) is 9.08. The average molecular weight is 187 g/mol. The molecule has 1 atom stereocenters. The van der Waals surface area contributed by atoms with Crippen molar-refractivity contribution in [2.75, 3.05) is 6.54 Å². The van der Waals surface area contributed by atoms with Crippen molar-refractivity contribution < 1.29 is 9.90 Å². The smallest absolute Gasteiger partial charge is 0.320 e. The van der Waals surface area contributed by atoms with Crippen molar-refractivity contribution in [3.63, 3.8) is 0 Å². The number of carboxylic acid groups (broad SMARTS) is 1. The molecular weight excluding hydrogens is 166 g/mol. The van der Waals surface area contributed by atoms with Crippen LogP contribution in [0.2, 0.25) is 0 Å². The summed E-state index contributed by atoms with van der Waals surface area (Å²) in [5.74, 6) is -0.704. The van der Waals surface area contributed by atoms with E-state index in [2.05, 4.69) is 6.92 Å².